The van der Waals surface area contributed by atoms with Gasteiger partial charge < -0.3 is 10.6 Å². The van der Waals surface area contributed by atoms with Crippen molar-refractivity contribution in [2.24, 2.45) is 0 Å². The molecule has 86 valence electrons. The number of carbonyl (C=O) groups excluding carboxylic acids is 1. The summed E-state index contributed by atoms with van der Waals surface area (Å²) in [5, 5.41) is 5.83. The molecule has 2 N–H and O–H groups in total. The molecular weight excluding hydrogens is 214 g/mol. The summed E-state index contributed by atoms with van der Waals surface area (Å²) in [6.45, 7) is 1.46. The lowest BCUT2D eigenvalue weighted by atomic mass is 10.3. The first kappa shape index (κ1) is 11.1. The quantitative estimate of drug-likeness (QED) is 0.847. The molecule has 0 radical (unpaired) electrons. The summed E-state index contributed by atoms with van der Waals surface area (Å²) in [5.41, 5.74) is 1.88. The second kappa shape index (κ2) is 5.12. The molecule has 0 unspecified atom stereocenters. The number of rotatable bonds is 3. The average Bonchev–Trinajstić information content (AvgIpc) is 2.32. The Morgan fingerprint density at radius 2 is 1.82 bits per heavy atom. The molecule has 0 atom stereocenters. The fourth-order valence-electron chi connectivity index (χ4n) is 1.41. The molecule has 0 aliphatic carbocycles. The molecule has 0 spiro atoms. The number of pyridine rings is 1. The minimum absolute atomic E-state index is 0.124. The van der Waals surface area contributed by atoms with Gasteiger partial charge in [0.15, 0.2) is 0 Å². The summed E-state index contributed by atoms with van der Waals surface area (Å²) in [6.07, 6.45) is 1.68. The van der Waals surface area contributed by atoms with Crippen molar-refractivity contribution in [1.82, 2.24) is 4.98 Å². The van der Waals surface area contributed by atoms with Crippen LogP contribution in [-0.2, 0) is 4.79 Å². The third kappa shape index (κ3) is 3.31. The van der Waals surface area contributed by atoms with Crippen LogP contribution in [0.15, 0.2) is 48.7 Å². The number of benzene rings is 1. The smallest absolute Gasteiger partial charge is 0.222 e. The van der Waals surface area contributed by atoms with Crippen LogP contribution in [0.4, 0.5) is 17.2 Å². The number of amides is 1. The van der Waals surface area contributed by atoms with Crippen LogP contribution in [0.3, 0.4) is 0 Å². The lowest BCUT2D eigenvalue weighted by molar-refractivity contribution is -0.114. The SMILES string of the molecule is CC(=O)Nc1ccc(Nc2ccccc2)cn1. The molecule has 0 bridgehead atoms. The third-order valence-electron chi connectivity index (χ3n) is 2.13. The Hall–Kier alpha value is -2.36. The molecule has 4 nitrogen and oxygen atoms in total. The van der Waals surface area contributed by atoms with E-state index in [0.717, 1.165) is 11.4 Å². The summed E-state index contributed by atoms with van der Waals surface area (Å²) in [6, 6.07) is 13.5. The van der Waals surface area contributed by atoms with Crippen LogP contribution in [0, 0.1) is 0 Å². The number of nitrogens with one attached hydrogen (secondary N) is 2. The first-order valence-electron chi connectivity index (χ1n) is 5.30. The van der Waals surface area contributed by atoms with Crippen molar-refractivity contribution in [1.29, 1.82) is 0 Å². The molecule has 17 heavy (non-hydrogen) atoms. The summed E-state index contributed by atoms with van der Waals surface area (Å²) < 4.78 is 0. The van der Waals surface area contributed by atoms with Crippen LogP contribution in [0.25, 0.3) is 0 Å². The highest BCUT2D eigenvalue weighted by atomic mass is 16.1. The van der Waals surface area contributed by atoms with E-state index in [-0.39, 0.29) is 5.91 Å². The summed E-state index contributed by atoms with van der Waals surface area (Å²) in [4.78, 5) is 14.9. The first-order valence-corrected chi connectivity index (χ1v) is 5.30. The molecular formula is C13H13N3O. The highest BCUT2D eigenvalue weighted by Crippen LogP contribution is 2.16. The second-order valence-electron chi connectivity index (χ2n) is 3.60. The number of aromatic nitrogens is 1. The van der Waals surface area contributed by atoms with Crippen molar-refractivity contribution in [3.8, 4) is 0 Å². The Morgan fingerprint density at radius 1 is 1.06 bits per heavy atom. The van der Waals surface area contributed by atoms with E-state index in [1.165, 1.54) is 6.92 Å². The van der Waals surface area contributed by atoms with E-state index in [1.54, 1.807) is 12.3 Å². The molecule has 1 amide bonds. The van der Waals surface area contributed by atoms with Gasteiger partial charge in [0, 0.05) is 12.6 Å². The molecule has 1 aromatic carbocycles. The molecule has 0 saturated carbocycles. The highest BCUT2D eigenvalue weighted by molar-refractivity contribution is 5.87. The molecule has 1 aromatic heterocycles. The van der Waals surface area contributed by atoms with Crippen molar-refractivity contribution in [3.05, 3.63) is 48.7 Å². The van der Waals surface area contributed by atoms with Gasteiger partial charge in [-0.05, 0) is 24.3 Å². The topological polar surface area (TPSA) is 54.0 Å². The van der Waals surface area contributed by atoms with Crippen LogP contribution in [0.2, 0.25) is 0 Å². The van der Waals surface area contributed by atoms with Crippen molar-refractivity contribution in [2.75, 3.05) is 10.6 Å². The zero-order valence-corrected chi connectivity index (χ0v) is 9.47. The standard InChI is InChI=1S/C13H13N3O/c1-10(17)15-13-8-7-12(9-14-13)16-11-5-3-2-4-6-11/h2-9,16H,1H3,(H,14,15,17). The van der Waals surface area contributed by atoms with Gasteiger partial charge in [-0.2, -0.15) is 0 Å². The van der Waals surface area contributed by atoms with Crippen molar-refractivity contribution < 1.29 is 4.79 Å². The lowest BCUT2D eigenvalue weighted by Gasteiger charge is -2.06. The molecule has 0 aliphatic rings. The van der Waals surface area contributed by atoms with Gasteiger partial charge in [-0.15, -0.1) is 0 Å². The summed E-state index contributed by atoms with van der Waals surface area (Å²) >= 11 is 0. The average molecular weight is 227 g/mol. The predicted octanol–water partition coefficient (Wildman–Crippen LogP) is 2.78. The van der Waals surface area contributed by atoms with Crippen LogP contribution in [0.1, 0.15) is 6.92 Å². The van der Waals surface area contributed by atoms with Gasteiger partial charge in [0.2, 0.25) is 5.91 Å². The van der Waals surface area contributed by atoms with Crippen molar-refractivity contribution in [2.45, 2.75) is 6.92 Å². The first-order chi connectivity index (χ1) is 8.24. The molecule has 2 aromatic rings. The van der Waals surface area contributed by atoms with E-state index < -0.39 is 0 Å². The van der Waals surface area contributed by atoms with Gasteiger partial charge in [-0.3, -0.25) is 4.79 Å². The highest BCUT2D eigenvalue weighted by Gasteiger charge is 1.97. The molecule has 4 heteroatoms. The molecule has 0 fully saturated rings. The number of anilines is 3. The predicted molar refractivity (Wildman–Crippen MR) is 68.3 cm³/mol. The normalized spacial score (nSPS) is 9.71. The van der Waals surface area contributed by atoms with E-state index in [4.69, 9.17) is 0 Å². The zero-order valence-electron chi connectivity index (χ0n) is 9.47. The van der Waals surface area contributed by atoms with Gasteiger partial charge in [-0.25, -0.2) is 4.98 Å². The van der Waals surface area contributed by atoms with Crippen LogP contribution in [-0.4, -0.2) is 10.9 Å². The van der Waals surface area contributed by atoms with Crippen LogP contribution < -0.4 is 10.6 Å². The number of carbonyl (C=O) groups is 1. The number of hydrogen-bond donors (Lipinski definition) is 2. The number of hydrogen-bond acceptors (Lipinski definition) is 3. The fraction of sp³-hybridized carbons (Fsp3) is 0.0769. The van der Waals surface area contributed by atoms with Crippen LogP contribution in [0.5, 0.6) is 0 Å². The lowest BCUT2D eigenvalue weighted by Crippen LogP contribution is -2.07. The van der Waals surface area contributed by atoms with E-state index >= 15 is 0 Å². The van der Waals surface area contributed by atoms with E-state index in [1.807, 2.05) is 36.4 Å². The van der Waals surface area contributed by atoms with E-state index in [0.29, 0.717) is 5.82 Å². The van der Waals surface area contributed by atoms with Crippen molar-refractivity contribution in [3.63, 3.8) is 0 Å². The molecule has 0 aliphatic heterocycles. The zero-order chi connectivity index (χ0) is 12.1. The Labute approximate surface area is 99.7 Å². The fourth-order valence-corrected chi connectivity index (χ4v) is 1.41. The minimum atomic E-state index is -0.124. The van der Waals surface area contributed by atoms with Crippen molar-refractivity contribution >= 4 is 23.1 Å². The molecule has 2 rings (SSSR count). The van der Waals surface area contributed by atoms with E-state index in [2.05, 4.69) is 15.6 Å². The van der Waals surface area contributed by atoms with Gasteiger partial charge >= 0.3 is 0 Å². The number of para-hydroxylation sites is 1. The molecule has 0 saturated heterocycles. The Kier molecular flexibility index (Phi) is 3.35. The molecule has 1 heterocycles. The van der Waals surface area contributed by atoms with Crippen LogP contribution >= 0.6 is 0 Å². The Bertz CT molecular complexity index is 494. The maximum Gasteiger partial charge on any atom is 0.222 e. The van der Waals surface area contributed by atoms with E-state index in [9.17, 15) is 4.79 Å². The summed E-state index contributed by atoms with van der Waals surface area (Å²) in [5.74, 6) is 0.428. The maximum absolute atomic E-state index is 10.8. The Morgan fingerprint density at radius 3 is 2.41 bits per heavy atom. The van der Waals surface area contributed by atoms with Gasteiger partial charge in [0.25, 0.3) is 0 Å². The monoisotopic (exact) mass is 227 g/mol. The second-order valence-corrected chi connectivity index (χ2v) is 3.60. The van der Waals surface area contributed by atoms with Gasteiger partial charge in [0.1, 0.15) is 5.82 Å². The summed E-state index contributed by atoms with van der Waals surface area (Å²) in [7, 11) is 0. The minimum Gasteiger partial charge on any atom is -0.354 e. The maximum atomic E-state index is 10.8. The largest absolute Gasteiger partial charge is 0.354 e. The third-order valence-corrected chi connectivity index (χ3v) is 2.13. The Balaban J connectivity index is 2.06. The number of nitrogens with zero attached hydrogens (tertiary/aromatic N) is 1. The van der Waals surface area contributed by atoms with Gasteiger partial charge in [0.05, 0.1) is 11.9 Å². The van der Waals surface area contributed by atoms with Gasteiger partial charge in [-0.1, -0.05) is 18.2 Å².